The summed E-state index contributed by atoms with van der Waals surface area (Å²) in [6.07, 6.45) is -4.89. The van der Waals surface area contributed by atoms with E-state index in [1.807, 2.05) is 0 Å². The fraction of sp³-hybridized carbons (Fsp3) is 0.222. The number of aromatic hydroxyl groups is 1. The Bertz CT molecular complexity index is 409. The molecular formula is C9H6F4O2. The Morgan fingerprint density at radius 3 is 2.27 bits per heavy atom. The molecule has 0 aliphatic rings. The molecule has 1 rings (SSSR count). The lowest BCUT2D eigenvalue weighted by Gasteiger charge is -2.11. The Kier molecular flexibility index (Phi) is 2.70. The standard InChI is InChI=1S/C9H6F4O2/c1-4(14)6-2-5(10)3-7(8(6)15)9(11,12)13/h2-3,15H,1H3. The second-order valence-corrected chi connectivity index (χ2v) is 2.90. The Morgan fingerprint density at radius 2 is 1.87 bits per heavy atom. The van der Waals surface area contributed by atoms with Crippen LogP contribution in [0, 0.1) is 5.82 Å². The maximum absolute atomic E-state index is 12.7. The molecule has 0 amide bonds. The summed E-state index contributed by atoms with van der Waals surface area (Å²) < 4.78 is 49.4. The van der Waals surface area contributed by atoms with Gasteiger partial charge in [0, 0.05) is 0 Å². The first kappa shape index (κ1) is 11.5. The predicted octanol–water partition coefficient (Wildman–Crippen LogP) is 2.75. The van der Waals surface area contributed by atoms with Gasteiger partial charge in [0.15, 0.2) is 5.78 Å². The number of carbonyl (C=O) groups is 1. The highest BCUT2D eigenvalue weighted by molar-refractivity contribution is 5.97. The van der Waals surface area contributed by atoms with Crippen molar-refractivity contribution in [1.82, 2.24) is 0 Å². The van der Waals surface area contributed by atoms with Crippen LogP contribution in [0.4, 0.5) is 17.6 Å². The Labute approximate surface area is 82.1 Å². The molecule has 1 N–H and O–H groups in total. The summed E-state index contributed by atoms with van der Waals surface area (Å²) in [5, 5.41) is 9.11. The summed E-state index contributed by atoms with van der Waals surface area (Å²) in [7, 11) is 0. The van der Waals surface area contributed by atoms with Crippen molar-refractivity contribution >= 4 is 5.78 Å². The van der Waals surface area contributed by atoms with Crippen molar-refractivity contribution in [1.29, 1.82) is 0 Å². The van der Waals surface area contributed by atoms with Crippen LogP contribution < -0.4 is 0 Å². The number of ketones is 1. The molecule has 0 aliphatic carbocycles. The van der Waals surface area contributed by atoms with Gasteiger partial charge in [0.05, 0.1) is 5.56 Å². The lowest BCUT2D eigenvalue weighted by Crippen LogP contribution is -2.08. The van der Waals surface area contributed by atoms with E-state index in [-0.39, 0.29) is 6.07 Å². The van der Waals surface area contributed by atoms with Gasteiger partial charge in [-0.2, -0.15) is 13.2 Å². The van der Waals surface area contributed by atoms with Crippen LogP contribution in [-0.2, 0) is 6.18 Å². The van der Waals surface area contributed by atoms with E-state index < -0.39 is 34.7 Å². The van der Waals surface area contributed by atoms with E-state index in [0.717, 1.165) is 6.92 Å². The summed E-state index contributed by atoms with van der Waals surface area (Å²) in [5.41, 5.74) is -2.23. The van der Waals surface area contributed by atoms with Gasteiger partial charge < -0.3 is 5.11 Å². The Morgan fingerprint density at radius 1 is 1.33 bits per heavy atom. The van der Waals surface area contributed by atoms with Crippen molar-refractivity contribution in [3.63, 3.8) is 0 Å². The van der Waals surface area contributed by atoms with Gasteiger partial charge in [-0.05, 0) is 19.1 Å². The lowest BCUT2D eigenvalue weighted by atomic mass is 10.1. The lowest BCUT2D eigenvalue weighted by molar-refractivity contribution is -0.139. The molecule has 0 aliphatic heterocycles. The average molecular weight is 222 g/mol. The molecule has 0 radical (unpaired) electrons. The van der Waals surface area contributed by atoms with E-state index in [9.17, 15) is 22.4 Å². The summed E-state index contributed by atoms with van der Waals surface area (Å²) in [4.78, 5) is 10.8. The Balaban J connectivity index is 3.49. The minimum Gasteiger partial charge on any atom is -0.507 e. The van der Waals surface area contributed by atoms with Gasteiger partial charge in [0.1, 0.15) is 17.1 Å². The van der Waals surface area contributed by atoms with Crippen LogP contribution in [0.5, 0.6) is 5.75 Å². The zero-order valence-corrected chi connectivity index (χ0v) is 7.52. The number of Topliss-reactive ketones (excluding diaryl/α,β-unsaturated/α-hetero) is 1. The minimum atomic E-state index is -4.89. The van der Waals surface area contributed by atoms with Crippen LogP contribution in [0.15, 0.2) is 12.1 Å². The van der Waals surface area contributed by atoms with E-state index in [1.165, 1.54) is 0 Å². The second-order valence-electron chi connectivity index (χ2n) is 2.90. The summed E-state index contributed by atoms with van der Waals surface area (Å²) in [6, 6.07) is 0.703. The SMILES string of the molecule is CC(=O)c1cc(F)cc(C(F)(F)F)c1O. The summed E-state index contributed by atoms with van der Waals surface area (Å²) in [5.74, 6) is -3.29. The van der Waals surface area contributed by atoms with Crippen molar-refractivity contribution in [2.75, 3.05) is 0 Å². The number of phenolic OH excluding ortho intramolecular Hbond substituents is 1. The van der Waals surface area contributed by atoms with Gasteiger partial charge in [0.25, 0.3) is 0 Å². The largest absolute Gasteiger partial charge is 0.507 e. The molecule has 6 heteroatoms. The van der Waals surface area contributed by atoms with Gasteiger partial charge in [0.2, 0.25) is 0 Å². The molecule has 0 saturated heterocycles. The molecule has 1 aromatic rings. The van der Waals surface area contributed by atoms with Gasteiger partial charge in [-0.3, -0.25) is 4.79 Å². The predicted molar refractivity (Wildman–Crippen MR) is 43.1 cm³/mol. The van der Waals surface area contributed by atoms with Crippen LogP contribution in [-0.4, -0.2) is 10.9 Å². The third-order valence-electron chi connectivity index (χ3n) is 1.76. The van der Waals surface area contributed by atoms with Gasteiger partial charge in [-0.1, -0.05) is 0 Å². The molecule has 1 aromatic carbocycles. The third-order valence-corrected chi connectivity index (χ3v) is 1.76. The van der Waals surface area contributed by atoms with Gasteiger partial charge in [-0.25, -0.2) is 4.39 Å². The molecule has 0 unspecified atom stereocenters. The molecule has 15 heavy (non-hydrogen) atoms. The van der Waals surface area contributed by atoms with Crippen LogP contribution in [0.3, 0.4) is 0 Å². The molecule has 0 heterocycles. The molecule has 0 aromatic heterocycles. The molecule has 0 bridgehead atoms. The highest BCUT2D eigenvalue weighted by atomic mass is 19.4. The van der Waals surface area contributed by atoms with Crippen molar-refractivity contribution in [3.8, 4) is 5.75 Å². The second kappa shape index (κ2) is 3.52. The molecule has 0 saturated carbocycles. The van der Waals surface area contributed by atoms with Crippen molar-refractivity contribution in [2.24, 2.45) is 0 Å². The highest BCUT2D eigenvalue weighted by Crippen LogP contribution is 2.38. The first-order valence-electron chi connectivity index (χ1n) is 3.84. The van der Waals surface area contributed by atoms with Crippen LogP contribution in [0.25, 0.3) is 0 Å². The van der Waals surface area contributed by atoms with E-state index in [1.54, 1.807) is 0 Å². The van der Waals surface area contributed by atoms with E-state index in [2.05, 4.69) is 0 Å². The number of halogens is 4. The summed E-state index contributed by atoms with van der Waals surface area (Å²) >= 11 is 0. The number of benzene rings is 1. The first-order valence-corrected chi connectivity index (χ1v) is 3.84. The highest BCUT2D eigenvalue weighted by Gasteiger charge is 2.36. The molecule has 0 atom stereocenters. The van der Waals surface area contributed by atoms with Crippen LogP contribution >= 0.6 is 0 Å². The van der Waals surface area contributed by atoms with E-state index in [4.69, 9.17) is 5.11 Å². The van der Waals surface area contributed by atoms with Crippen LogP contribution in [0.2, 0.25) is 0 Å². The molecule has 2 nitrogen and oxygen atoms in total. The summed E-state index contributed by atoms with van der Waals surface area (Å²) in [6.45, 7) is 0.939. The molecule has 82 valence electrons. The number of phenols is 1. The molecule has 0 spiro atoms. The monoisotopic (exact) mass is 222 g/mol. The molecular weight excluding hydrogens is 216 g/mol. The van der Waals surface area contributed by atoms with E-state index in [0.29, 0.717) is 6.07 Å². The minimum absolute atomic E-state index is 0.141. The smallest absolute Gasteiger partial charge is 0.420 e. The fourth-order valence-electron chi connectivity index (χ4n) is 1.08. The van der Waals surface area contributed by atoms with Crippen molar-refractivity contribution in [2.45, 2.75) is 13.1 Å². The number of carbonyl (C=O) groups excluding carboxylic acids is 1. The van der Waals surface area contributed by atoms with Crippen molar-refractivity contribution in [3.05, 3.63) is 29.1 Å². The topological polar surface area (TPSA) is 37.3 Å². The fourth-order valence-corrected chi connectivity index (χ4v) is 1.08. The zero-order chi connectivity index (χ0) is 11.8. The first-order chi connectivity index (χ1) is 6.73. The third kappa shape index (κ3) is 2.26. The number of hydrogen-bond donors (Lipinski definition) is 1. The van der Waals surface area contributed by atoms with Gasteiger partial charge in [-0.15, -0.1) is 0 Å². The van der Waals surface area contributed by atoms with Crippen molar-refractivity contribution < 1.29 is 27.5 Å². The maximum Gasteiger partial charge on any atom is 0.420 e. The normalized spacial score (nSPS) is 11.5. The Hall–Kier alpha value is -1.59. The number of hydrogen-bond acceptors (Lipinski definition) is 2. The van der Waals surface area contributed by atoms with Gasteiger partial charge >= 0.3 is 6.18 Å². The molecule has 0 fully saturated rings. The number of alkyl halides is 3. The number of rotatable bonds is 1. The quantitative estimate of drug-likeness (QED) is 0.586. The maximum atomic E-state index is 12.7. The van der Waals surface area contributed by atoms with E-state index >= 15 is 0 Å². The average Bonchev–Trinajstić information content (AvgIpc) is 2.06. The van der Waals surface area contributed by atoms with Crippen LogP contribution in [0.1, 0.15) is 22.8 Å². The zero-order valence-electron chi connectivity index (χ0n) is 7.52.